The predicted molar refractivity (Wildman–Crippen MR) is 72.4 cm³/mol. The highest BCUT2D eigenvalue weighted by Gasteiger charge is 2.38. The van der Waals surface area contributed by atoms with Crippen molar-refractivity contribution in [2.45, 2.75) is 25.6 Å². The number of benzene rings is 1. The number of ether oxygens (including phenoxy) is 1. The fraction of sp³-hybridized carbons (Fsp3) is 0.533. The second-order valence-corrected chi connectivity index (χ2v) is 5.56. The highest BCUT2D eigenvalue weighted by molar-refractivity contribution is 5.84. The molecule has 3 rings (SSSR count). The van der Waals surface area contributed by atoms with Gasteiger partial charge >= 0.3 is 0 Å². The topological polar surface area (TPSA) is 41.6 Å². The van der Waals surface area contributed by atoms with Crippen molar-refractivity contribution in [1.82, 2.24) is 10.2 Å². The average Bonchev–Trinajstić information content (AvgIpc) is 3.04. The zero-order valence-electron chi connectivity index (χ0n) is 11.5. The lowest BCUT2D eigenvalue weighted by Gasteiger charge is -2.26. The third kappa shape index (κ3) is 2.55. The van der Waals surface area contributed by atoms with Gasteiger partial charge in [-0.1, -0.05) is 12.1 Å². The summed E-state index contributed by atoms with van der Waals surface area (Å²) in [6, 6.07) is 6.13. The first kappa shape index (κ1) is 13.5. The maximum Gasteiger partial charge on any atom is 0.241 e. The van der Waals surface area contributed by atoms with Gasteiger partial charge in [-0.05, 0) is 31.0 Å². The number of carbonyl (C=O) groups excluding carboxylic acids is 1. The van der Waals surface area contributed by atoms with Crippen LogP contribution in [-0.2, 0) is 9.53 Å². The van der Waals surface area contributed by atoms with E-state index in [1.54, 1.807) is 12.1 Å². The van der Waals surface area contributed by atoms with E-state index in [0.717, 1.165) is 18.6 Å². The van der Waals surface area contributed by atoms with Gasteiger partial charge in [-0.2, -0.15) is 0 Å². The number of nitrogens with one attached hydrogen (secondary N) is 1. The van der Waals surface area contributed by atoms with Crippen LogP contribution in [0.2, 0.25) is 0 Å². The fourth-order valence-corrected chi connectivity index (χ4v) is 2.90. The number of carbonyl (C=O) groups is 1. The van der Waals surface area contributed by atoms with E-state index >= 15 is 0 Å². The molecule has 2 aliphatic heterocycles. The van der Waals surface area contributed by atoms with Gasteiger partial charge in [0, 0.05) is 19.1 Å². The summed E-state index contributed by atoms with van der Waals surface area (Å²) >= 11 is 0. The van der Waals surface area contributed by atoms with E-state index in [0.29, 0.717) is 19.1 Å². The molecule has 5 heteroatoms. The normalized spacial score (nSPS) is 30.2. The highest BCUT2D eigenvalue weighted by Crippen LogP contribution is 2.28. The first-order chi connectivity index (χ1) is 9.65. The SMILES string of the molecule is CC1NC(c2ccc(F)cc2)N(CC2CCOC2)C1=O. The van der Waals surface area contributed by atoms with Crippen molar-refractivity contribution >= 4 is 5.91 Å². The Morgan fingerprint density at radius 1 is 1.40 bits per heavy atom. The van der Waals surface area contributed by atoms with Crippen LogP contribution >= 0.6 is 0 Å². The van der Waals surface area contributed by atoms with Gasteiger partial charge in [-0.15, -0.1) is 0 Å². The summed E-state index contributed by atoms with van der Waals surface area (Å²) in [7, 11) is 0. The molecule has 0 radical (unpaired) electrons. The number of rotatable bonds is 3. The quantitative estimate of drug-likeness (QED) is 0.914. The number of nitrogens with zero attached hydrogens (tertiary/aromatic N) is 1. The summed E-state index contributed by atoms with van der Waals surface area (Å²) in [4.78, 5) is 14.2. The molecule has 4 nitrogen and oxygen atoms in total. The fourth-order valence-electron chi connectivity index (χ4n) is 2.90. The minimum absolute atomic E-state index is 0.103. The van der Waals surface area contributed by atoms with Crippen molar-refractivity contribution in [3.63, 3.8) is 0 Å². The van der Waals surface area contributed by atoms with Crippen molar-refractivity contribution in [1.29, 1.82) is 0 Å². The molecule has 2 heterocycles. The lowest BCUT2D eigenvalue weighted by molar-refractivity contribution is -0.130. The maximum absolute atomic E-state index is 13.0. The summed E-state index contributed by atoms with van der Waals surface area (Å²) in [5.74, 6) is 0.238. The molecule has 1 aromatic rings. The summed E-state index contributed by atoms with van der Waals surface area (Å²) in [6.45, 7) is 4.05. The molecule has 2 aliphatic rings. The molecule has 0 bridgehead atoms. The van der Waals surface area contributed by atoms with Crippen LogP contribution < -0.4 is 5.32 Å². The van der Waals surface area contributed by atoms with E-state index in [9.17, 15) is 9.18 Å². The summed E-state index contributed by atoms with van der Waals surface area (Å²) in [5.41, 5.74) is 0.919. The Balaban J connectivity index is 1.79. The van der Waals surface area contributed by atoms with Gasteiger partial charge in [0.2, 0.25) is 5.91 Å². The Hall–Kier alpha value is -1.46. The Labute approximate surface area is 117 Å². The number of halogens is 1. The third-order valence-corrected chi connectivity index (χ3v) is 4.04. The number of hydrogen-bond acceptors (Lipinski definition) is 3. The first-order valence-corrected chi connectivity index (χ1v) is 7.05. The number of hydrogen-bond donors (Lipinski definition) is 1. The lowest BCUT2D eigenvalue weighted by Crippen LogP contribution is -2.35. The van der Waals surface area contributed by atoms with Gasteiger partial charge in [0.1, 0.15) is 12.0 Å². The van der Waals surface area contributed by atoms with Gasteiger partial charge in [0.05, 0.1) is 12.6 Å². The zero-order chi connectivity index (χ0) is 14.1. The van der Waals surface area contributed by atoms with Gasteiger partial charge in [-0.25, -0.2) is 4.39 Å². The van der Waals surface area contributed by atoms with Crippen molar-refractivity contribution in [3.05, 3.63) is 35.6 Å². The van der Waals surface area contributed by atoms with Crippen LogP contribution in [0.1, 0.15) is 25.1 Å². The molecule has 0 spiro atoms. The highest BCUT2D eigenvalue weighted by atomic mass is 19.1. The van der Waals surface area contributed by atoms with Crippen LogP contribution in [0.3, 0.4) is 0 Å². The Morgan fingerprint density at radius 2 is 2.15 bits per heavy atom. The summed E-state index contributed by atoms with van der Waals surface area (Å²) in [5, 5.41) is 3.28. The molecule has 20 heavy (non-hydrogen) atoms. The molecule has 0 saturated carbocycles. The minimum Gasteiger partial charge on any atom is -0.381 e. The van der Waals surface area contributed by atoms with Crippen molar-refractivity contribution in [2.75, 3.05) is 19.8 Å². The van der Waals surface area contributed by atoms with Gasteiger partial charge in [0.25, 0.3) is 0 Å². The van der Waals surface area contributed by atoms with E-state index in [1.807, 2.05) is 11.8 Å². The smallest absolute Gasteiger partial charge is 0.241 e. The minimum atomic E-state index is -0.262. The molecule has 1 amide bonds. The van der Waals surface area contributed by atoms with E-state index < -0.39 is 0 Å². The van der Waals surface area contributed by atoms with Crippen LogP contribution in [0, 0.1) is 11.7 Å². The summed E-state index contributed by atoms with van der Waals surface area (Å²) < 4.78 is 18.4. The van der Waals surface area contributed by atoms with E-state index in [-0.39, 0.29) is 23.9 Å². The van der Waals surface area contributed by atoms with Gasteiger partial charge < -0.3 is 9.64 Å². The Bertz CT molecular complexity index is 485. The standard InChI is InChI=1S/C15H19FN2O2/c1-10-15(19)18(8-11-6-7-20-9-11)14(17-10)12-2-4-13(16)5-3-12/h2-5,10-11,14,17H,6-9H2,1H3. The largest absolute Gasteiger partial charge is 0.381 e. The van der Waals surface area contributed by atoms with Crippen molar-refractivity contribution in [2.24, 2.45) is 5.92 Å². The van der Waals surface area contributed by atoms with Crippen LogP contribution in [0.25, 0.3) is 0 Å². The van der Waals surface area contributed by atoms with Gasteiger partial charge in [-0.3, -0.25) is 10.1 Å². The molecule has 2 saturated heterocycles. The Kier molecular flexibility index (Phi) is 3.72. The molecular formula is C15H19FN2O2. The molecular weight excluding hydrogens is 259 g/mol. The third-order valence-electron chi connectivity index (χ3n) is 4.04. The van der Waals surface area contributed by atoms with E-state index in [4.69, 9.17) is 4.74 Å². The van der Waals surface area contributed by atoms with E-state index in [2.05, 4.69) is 5.32 Å². The average molecular weight is 278 g/mol. The molecule has 1 aromatic carbocycles. The molecule has 1 N–H and O–H groups in total. The van der Waals surface area contributed by atoms with Crippen LogP contribution in [-0.4, -0.2) is 36.6 Å². The zero-order valence-corrected chi connectivity index (χ0v) is 11.5. The summed E-state index contributed by atoms with van der Waals surface area (Å²) in [6.07, 6.45) is 0.826. The second kappa shape index (κ2) is 5.50. The second-order valence-electron chi connectivity index (χ2n) is 5.56. The van der Waals surface area contributed by atoms with Crippen molar-refractivity contribution in [3.8, 4) is 0 Å². The van der Waals surface area contributed by atoms with Crippen LogP contribution in [0.4, 0.5) is 4.39 Å². The molecule has 2 fully saturated rings. The molecule has 108 valence electrons. The van der Waals surface area contributed by atoms with Gasteiger partial charge in [0.15, 0.2) is 0 Å². The monoisotopic (exact) mass is 278 g/mol. The predicted octanol–water partition coefficient (Wildman–Crippen LogP) is 1.68. The lowest BCUT2D eigenvalue weighted by atomic mass is 10.1. The Morgan fingerprint density at radius 3 is 2.80 bits per heavy atom. The molecule has 3 atom stereocenters. The molecule has 3 unspecified atom stereocenters. The number of amides is 1. The first-order valence-electron chi connectivity index (χ1n) is 7.05. The molecule has 0 aromatic heterocycles. The van der Waals surface area contributed by atoms with E-state index in [1.165, 1.54) is 12.1 Å². The van der Waals surface area contributed by atoms with Crippen LogP contribution in [0.15, 0.2) is 24.3 Å². The maximum atomic E-state index is 13.0. The molecule has 0 aliphatic carbocycles. The van der Waals surface area contributed by atoms with Crippen molar-refractivity contribution < 1.29 is 13.9 Å². The van der Waals surface area contributed by atoms with Crippen LogP contribution in [0.5, 0.6) is 0 Å².